The fraction of sp³-hybridized carbons (Fsp3) is 0.154. The van der Waals surface area contributed by atoms with E-state index in [1.807, 2.05) is 6.07 Å². The second-order valence-electron chi connectivity index (χ2n) is 3.68. The summed E-state index contributed by atoms with van der Waals surface area (Å²) < 4.78 is 11.6. The smallest absolute Gasteiger partial charge is 0.219 e. The van der Waals surface area contributed by atoms with Gasteiger partial charge in [0.2, 0.25) is 5.88 Å². The zero-order valence-corrected chi connectivity index (χ0v) is 12.5. The van der Waals surface area contributed by atoms with Gasteiger partial charge >= 0.3 is 0 Å². The molecule has 2 aromatic rings. The Morgan fingerprint density at radius 3 is 2.74 bits per heavy atom. The fourth-order valence-electron chi connectivity index (χ4n) is 1.47. The van der Waals surface area contributed by atoms with Crippen molar-refractivity contribution < 1.29 is 9.47 Å². The summed E-state index contributed by atoms with van der Waals surface area (Å²) in [4.78, 5) is 4.24. The van der Waals surface area contributed by atoms with Crippen LogP contribution >= 0.6 is 27.5 Å². The van der Waals surface area contributed by atoms with Crippen LogP contribution in [0.3, 0.4) is 0 Å². The highest BCUT2D eigenvalue weighted by Crippen LogP contribution is 2.32. The van der Waals surface area contributed by atoms with Crippen molar-refractivity contribution in [2.45, 2.75) is 6.54 Å². The Balaban J connectivity index is 2.26. The Morgan fingerprint density at radius 2 is 2.11 bits per heavy atom. The molecule has 0 radical (unpaired) electrons. The first-order chi connectivity index (χ1) is 9.13. The fourth-order valence-corrected chi connectivity index (χ4v) is 2.09. The van der Waals surface area contributed by atoms with Gasteiger partial charge in [0.25, 0.3) is 0 Å². The van der Waals surface area contributed by atoms with Crippen LogP contribution in [0.5, 0.6) is 17.4 Å². The molecule has 6 heteroatoms. The summed E-state index contributed by atoms with van der Waals surface area (Å²) in [6, 6.07) is 8.82. The van der Waals surface area contributed by atoms with Crippen LogP contribution in [0.2, 0.25) is 5.02 Å². The maximum atomic E-state index is 5.95. The largest absolute Gasteiger partial charge is 0.497 e. The van der Waals surface area contributed by atoms with E-state index in [-0.39, 0.29) is 6.54 Å². The van der Waals surface area contributed by atoms with E-state index in [0.717, 1.165) is 10.2 Å². The van der Waals surface area contributed by atoms with Crippen molar-refractivity contribution in [2.24, 2.45) is 5.73 Å². The molecule has 1 aromatic heterocycles. The molecular formula is C13H12BrClN2O2. The second-order valence-corrected chi connectivity index (χ2v) is 4.94. The molecule has 2 N–H and O–H groups in total. The van der Waals surface area contributed by atoms with Gasteiger partial charge in [-0.3, -0.25) is 0 Å². The van der Waals surface area contributed by atoms with Gasteiger partial charge in [-0.25, -0.2) is 4.98 Å². The van der Waals surface area contributed by atoms with Gasteiger partial charge in [-0.05, 0) is 40.2 Å². The highest BCUT2D eigenvalue weighted by molar-refractivity contribution is 9.10. The molecule has 1 heterocycles. The van der Waals surface area contributed by atoms with Crippen LogP contribution in [0.4, 0.5) is 0 Å². The quantitative estimate of drug-likeness (QED) is 0.918. The standard InChI is InChI=1S/C13H12BrClN2O2/c1-18-8-2-4-12(9(14)6-8)19-13-5-3-10(15)11(7-16)17-13/h2-6H,7,16H2,1H3. The van der Waals surface area contributed by atoms with Crippen molar-refractivity contribution in [1.82, 2.24) is 4.98 Å². The monoisotopic (exact) mass is 342 g/mol. The zero-order valence-electron chi connectivity index (χ0n) is 10.2. The molecule has 0 bridgehead atoms. The van der Waals surface area contributed by atoms with Gasteiger partial charge in [-0.2, -0.15) is 0 Å². The van der Waals surface area contributed by atoms with E-state index in [1.54, 1.807) is 31.4 Å². The minimum Gasteiger partial charge on any atom is -0.497 e. The number of ether oxygens (including phenoxy) is 2. The van der Waals surface area contributed by atoms with Crippen LogP contribution in [0, 0.1) is 0 Å². The number of halogens is 2. The minimum atomic E-state index is 0.264. The highest BCUT2D eigenvalue weighted by atomic mass is 79.9. The molecule has 100 valence electrons. The molecule has 4 nitrogen and oxygen atoms in total. The first-order valence-corrected chi connectivity index (χ1v) is 6.68. The van der Waals surface area contributed by atoms with E-state index in [4.69, 9.17) is 26.8 Å². The van der Waals surface area contributed by atoms with E-state index in [1.165, 1.54) is 0 Å². The summed E-state index contributed by atoms with van der Waals surface area (Å²) in [6.45, 7) is 0.264. The molecule has 0 aliphatic rings. The SMILES string of the molecule is COc1ccc(Oc2ccc(Cl)c(CN)n2)c(Br)c1. The van der Waals surface area contributed by atoms with Crippen molar-refractivity contribution in [2.75, 3.05) is 7.11 Å². The summed E-state index contributed by atoms with van der Waals surface area (Å²) in [6.07, 6.45) is 0. The lowest BCUT2D eigenvalue weighted by molar-refractivity contribution is 0.411. The summed E-state index contributed by atoms with van der Waals surface area (Å²) >= 11 is 9.36. The van der Waals surface area contributed by atoms with Crippen LogP contribution in [0.15, 0.2) is 34.8 Å². The molecule has 0 aliphatic heterocycles. The van der Waals surface area contributed by atoms with E-state index in [0.29, 0.717) is 22.3 Å². The predicted molar refractivity (Wildman–Crippen MR) is 77.9 cm³/mol. The molecule has 1 aromatic carbocycles. The lowest BCUT2D eigenvalue weighted by Gasteiger charge is -2.09. The predicted octanol–water partition coefficient (Wildman–Crippen LogP) is 3.76. The summed E-state index contributed by atoms with van der Waals surface area (Å²) in [5, 5.41) is 0.531. The van der Waals surface area contributed by atoms with E-state index in [2.05, 4.69) is 20.9 Å². The molecule has 2 rings (SSSR count). The zero-order chi connectivity index (χ0) is 13.8. The highest BCUT2D eigenvalue weighted by Gasteiger charge is 2.07. The van der Waals surface area contributed by atoms with E-state index >= 15 is 0 Å². The number of hydrogen-bond donors (Lipinski definition) is 1. The first kappa shape index (κ1) is 14.1. The topological polar surface area (TPSA) is 57.4 Å². The van der Waals surface area contributed by atoms with Crippen LogP contribution in [-0.2, 0) is 6.54 Å². The van der Waals surface area contributed by atoms with Gasteiger partial charge < -0.3 is 15.2 Å². The third-order valence-electron chi connectivity index (χ3n) is 2.44. The van der Waals surface area contributed by atoms with Crippen LogP contribution in [0.1, 0.15) is 5.69 Å². The first-order valence-electron chi connectivity index (χ1n) is 5.51. The number of pyridine rings is 1. The van der Waals surface area contributed by atoms with E-state index < -0.39 is 0 Å². The molecular weight excluding hydrogens is 332 g/mol. The molecule has 0 saturated heterocycles. The number of nitrogens with two attached hydrogens (primary N) is 1. The lowest BCUT2D eigenvalue weighted by atomic mass is 10.3. The maximum absolute atomic E-state index is 5.95. The summed E-state index contributed by atoms with van der Waals surface area (Å²) in [5.41, 5.74) is 6.15. The van der Waals surface area contributed by atoms with Crippen molar-refractivity contribution in [3.63, 3.8) is 0 Å². The molecule has 0 unspecified atom stereocenters. The number of nitrogens with zero attached hydrogens (tertiary/aromatic N) is 1. The summed E-state index contributed by atoms with van der Waals surface area (Å²) in [7, 11) is 1.61. The van der Waals surface area contributed by atoms with Gasteiger partial charge in [-0.15, -0.1) is 0 Å². The number of aromatic nitrogens is 1. The average molecular weight is 344 g/mol. The molecule has 19 heavy (non-hydrogen) atoms. The average Bonchev–Trinajstić information content (AvgIpc) is 2.43. The number of rotatable bonds is 4. The molecule has 0 fully saturated rings. The summed E-state index contributed by atoms with van der Waals surface area (Å²) in [5.74, 6) is 1.82. The Kier molecular flexibility index (Phi) is 4.63. The Bertz CT molecular complexity index is 593. The van der Waals surface area contributed by atoms with Crippen LogP contribution in [0.25, 0.3) is 0 Å². The van der Waals surface area contributed by atoms with Crippen molar-refractivity contribution in [1.29, 1.82) is 0 Å². The molecule has 0 atom stereocenters. The Hall–Kier alpha value is -1.30. The van der Waals surface area contributed by atoms with Gasteiger partial charge in [-0.1, -0.05) is 11.6 Å². The third-order valence-corrected chi connectivity index (χ3v) is 3.40. The third kappa shape index (κ3) is 3.37. The molecule has 0 spiro atoms. The normalized spacial score (nSPS) is 10.3. The maximum Gasteiger partial charge on any atom is 0.219 e. The van der Waals surface area contributed by atoms with Gasteiger partial charge in [0.1, 0.15) is 11.5 Å². The van der Waals surface area contributed by atoms with Gasteiger partial charge in [0, 0.05) is 12.6 Å². The number of hydrogen-bond acceptors (Lipinski definition) is 4. The van der Waals surface area contributed by atoms with Gasteiger partial charge in [0.05, 0.1) is 22.3 Å². The van der Waals surface area contributed by atoms with Crippen molar-refractivity contribution in [3.8, 4) is 17.4 Å². The van der Waals surface area contributed by atoms with E-state index in [9.17, 15) is 0 Å². The molecule has 0 amide bonds. The van der Waals surface area contributed by atoms with Crippen LogP contribution in [-0.4, -0.2) is 12.1 Å². The second kappa shape index (κ2) is 6.23. The number of benzene rings is 1. The molecule has 0 saturated carbocycles. The molecule has 0 aliphatic carbocycles. The lowest BCUT2D eigenvalue weighted by Crippen LogP contribution is -2.01. The Labute approximate surface area is 124 Å². The van der Waals surface area contributed by atoms with Crippen molar-refractivity contribution in [3.05, 3.63) is 45.5 Å². The number of methoxy groups -OCH3 is 1. The Morgan fingerprint density at radius 1 is 1.32 bits per heavy atom. The minimum absolute atomic E-state index is 0.264. The van der Waals surface area contributed by atoms with Gasteiger partial charge in [0.15, 0.2) is 0 Å². The van der Waals surface area contributed by atoms with Crippen molar-refractivity contribution >= 4 is 27.5 Å². The van der Waals surface area contributed by atoms with Crippen LogP contribution < -0.4 is 15.2 Å².